The molecule has 0 unspecified atom stereocenters. The van der Waals surface area contributed by atoms with Crippen LogP contribution < -0.4 is 0 Å². The molecule has 0 saturated carbocycles. The minimum atomic E-state index is -0.222. The number of halogens is 1. The number of hydrogen-bond acceptors (Lipinski definition) is 1. The lowest BCUT2D eigenvalue weighted by molar-refractivity contribution is 0.627. The summed E-state index contributed by atoms with van der Waals surface area (Å²) >= 11 is 0. The topological polar surface area (TPSA) is 17.8 Å². The molecule has 4 aromatic rings. The maximum atomic E-state index is 13.1. The van der Waals surface area contributed by atoms with Crippen molar-refractivity contribution in [2.24, 2.45) is 0 Å². The highest BCUT2D eigenvalue weighted by Gasteiger charge is 2.05. The monoisotopic (exact) mass is 288 g/mol. The Balaban J connectivity index is 1.82. The molecule has 4 rings (SSSR count). The largest absolute Gasteiger partial charge is 0.317 e. The average molecular weight is 288 g/mol. The highest BCUT2D eigenvalue weighted by atomic mass is 19.1. The van der Waals surface area contributed by atoms with Gasteiger partial charge in [-0.3, -0.25) is 4.98 Å². The van der Waals surface area contributed by atoms with E-state index < -0.39 is 0 Å². The van der Waals surface area contributed by atoms with E-state index >= 15 is 0 Å². The molecule has 22 heavy (non-hydrogen) atoms. The highest BCUT2D eigenvalue weighted by molar-refractivity contribution is 5.86. The zero-order valence-electron chi connectivity index (χ0n) is 11.8. The van der Waals surface area contributed by atoms with Crippen LogP contribution in [-0.4, -0.2) is 9.55 Å². The second kappa shape index (κ2) is 5.11. The third-order valence-corrected chi connectivity index (χ3v) is 3.81. The van der Waals surface area contributed by atoms with Gasteiger partial charge < -0.3 is 4.57 Å². The van der Waals surface area contributed by atoms with Crippen LogP contribution in [0.1, 0.15) is 0 Å². The summed E-state index contributed by atoms with van der Waals surface area (Å²) in [5, 5.41) is 1.15. The molecular formula is C19H13FN2. The first-order valence-corrected chi connectivity index (χ1v) is 7.09. The molecule has 0 spiro atoms. The van der Waals surface area contributed by atoms with Gasteiger partial charge in [-0.2, -0.15) is 0 Å². The summed E-state index contributed by atoms with van der Waals surface area (Å²) in [6.07, 6.45) is 5.60. The Morgan fingerprint density at radius 1 is 0.773 bits per heavy atom. The normalized spacial score (nSPS) is 11.0. The molecule has 2 nitrogen and oxygen atoms in total. The number of aromatic nitrogens is 2. The Morgan fingerprint density at radius 3 is 2.32 bits per heavy atom. The third kappa shape index (κ3) is 2.17. The second-order valence-corrected chi connectivity index (χ2v) is 5.17. The molecule has 2 heterocycles. The van der Waals surface area contributed by atoms with Crippen molar-refractivity contribution in [3.8, 4) is 16.8 Å². The minimum Gasteiger partial charge on any atom is -0.317 e. The highest BCUT2D eigenvalue weighted by Crippen LogP contribution is 2.26. The quantitative estimate of drug-likeness (QED) is 0.516. The second-order valence-electron chi connectivity index (χ2n) is 5.17. The number of benzene rings is 2. The summed E-state index contributed by atoms with van der Waals surface area (Å²) in [5.41, 5.74) is 4.36. The molecule has 0 amide bonds. The van der Waals surface area contributed by atoms with Crippen molar-refractivity contribution in [1.82, 2.24) is 9.55 Å². The third-order valence-electron chi connectivity index (χ3n) is 3.81. The van der Waals surface area contributed by atoms with Gasteiger partial charge in [-0.15, -0.1) is 0 Å². The molecule has 3 heteroatoms. The Morgan fingerprint density at radius 2 is 1.55 bits per heavy atom. The first-order chi connectivity index (χ1) is 10.8. The van der Waals surface area contributed by atoms with Crippen molar-refractivity contribution < 1.29 is 4.39 Å². The van der Waals surface area contributed by atoms with Crippen LogP contribution in [0.2, 0.25) is 0 Å². The van der Waals surface area contributed by atoms with Crippen molar-refractivity contribution >= 4 is 10.9 Å². The molecule has 106 valence electrons. The zero-order chi connectivity index (χ0) is 14.9. The van der Waals surface area contributed by atoms with Crippen LogP contribution in [0, 0.1) is 5.82 Å². The van der Waals surface area contributed by atoms with E-state index in [0.29, 0.717) is 0 Å². The minimum absolute atomic E-state index is 0.222. The fourth-order valence-corrected chi connectivity index (χ4v) is 2.69. The van der Waals surface area contributed by atoms with Crippen LogP contribution in [0.5, 0.6) is 0 Å². The van der Waals surface area contributed by atoms with Gasteiger partial charge in [0.15, 0.2) is 0 Å². The molecule has 0 saturated heterocycles. The van der Waals surface area contributed by atoms with Gasteiger partial charge in [0.1, 0.15) is 5.82 Å². The van der Waals surface area contributed by atoms with Crippen molar-refractivity contribution in [1.29, 1.82) is 0 Å². The molecule has 0 radical (unpaired) electrons. The average Bonchev–Trinajstić information content (AvgIpc) is 2.99. The van der Waals surface area contributed by atoms with Crippen LogP contribution in [-0.2, 0) is 0 Å². The smallest absolute Gasteiger partial charge is 0.123 e. The van der Waals surface area contributed by atoms with E-state index in [9.17, 15) is 4.39 Å². The van der Waals surface area contributed by atoms with Crippen molar-refractivity contribution in [3.63, 3.8) is 0 Å². The van der Waals surface area contributed by atoms with Gasteiger partial charge in [-0.05, 0) is 65.7 Å². The van der Waals surface area contributed by atoms with E-state index in [0.717, 1.165) is 27.7 Å². The molecule has 2 aromatic heterocycles. The lowest BCUT2D eigenvalue weighted by Gasteiger charge is -2.06. The summed E-state index contributed by atoms with van der Waals surface area (Å²) < 4.78 is 15.1. The van der Waals surface area contributed by atoms with Gasteiger partial charge >= 0.3 is 0 Å². The van der Waals surface area contributed by atoms with Crippen LogP contribution in [0.4, 0.5) is 4.39 Å². The Bertz CT molecular complexity index is 925. The number of fused-ring (bicyclic) bond motifs is 1. The molecule has 0 aliphatic carbocycles. The van der Waals surface area contributed by atoms with Gasteiger partial charge in [-0.1, -0.05) is 6.07 Å². The SMILES string of the molecule is Fc1ccc(-n2ccc3cc(-c4ccncc4)ccc32)cc1. The summed E-state index contributed by atoms with van der Waals surface area (Å²) in [4.78, 5) is 4.05. The maximum absolute atomic E-state index is 13.1. The lowest BCUT2D eigenvalue weighted by Crippen LogP contribution is -1.91. The van der Waals surface area contributed by atoms with Crippen molar-refractivity contribution in [2.75, 3.05) is 0 Å². The van der Waals surface area contributed by atoms with Crippen molar-refractivity contribution in [2.45, 2.75) is 0 Å². The molecule has 0 bridgehead atoms. The van der Waals surface area contributed by atoms with Gasteiger partial charge in [-0.25, -0.2) is 4.39 Å². The predicted molar refractivity (Wildman–Crippen MR) is 86.5 cm³/mol. The van der Waals surface area contributed by atoms with Gasteiger partial charge in [0.2, 0.25) is 0 Å². The van der Waals surface area contributed by atoms with E-state index in [1.54, 1.807) is 24.5 Å². The van der Waals surface area contributed by atoms with Gasteiger partial charge in [0.25, 0.3) is 0 Å². The van der Waals surface area contributed by atoms with Crippen LogP contribution in [0.3, 0.4) is 0 Å². The number of hydrogen-bond donors (Lipinski definition) is 0. The Labute approximate surface area is 127 Å². The first-order valence-electron chi connectivity index (χ1n) is 7.09. The number of pyridine rings is 1. The summed E-state index contributed by atoms with van der Waals surface area (Å²) in [6, 6.07) is 18.9. The van der Waals surface area contributed by atoms with E-state index in [1.165, 1.54) is 12.1 Å². The van der Waals surface area contributed by atoms with E-state index in [-0.39, 0.29) is 5.82 Å². The molecular weight excluding hydrogens is 275 g/mol. The summed E-state index contributed by atoms with van der Waals surface area (Å²) in [7, 11) is 0. The van der Waals surface area contributed by atoms with Crippen LogP contribution in [0.25, 0.3) is 27.7 Å². The standard InChI is InChI=1S/C19H13FN2/c20-17-2-4-18(5-3-17)22-12-9-16-13-15(1-6-19(16)22)14-7-10-21-11-8-14/h1-13H. The molecule has 0 fully saturated rings. The van der Waals surface area contributed by atoms with E-state index in [2.05, 4.69) is 33.8 Å². The lowest BCUT2D eigenvalue weighted by atomic mass is 10.1. The first kappa shape index (κ1) is 12.8. The van der Waals surface area contributed by atoms with E-state index in [1.807, 2.05) is 18.3 Å². The predicted octanol–water partition coefficient (Wildman–Crippen LogP) is 4.83. The molecule has 0 atom stereocenters. The van der Waals surface area contributed by atoms with Crippen molar-refractivity contribution in [3.05, 3.63) is 85.1 Å². The number of rotatable bonds is 2. The Kier molecular flexibility index (Phi) is 2.97. The molecule has 2 aromatic carbocycles. The molecule has 0 aliphatic heterocycles. The number of nitrogens with zero attached hydrogens (tertiary/aromatic N) is 2. The fraction of sp³-hybridized carbons (Fsp3) is 0. The summed E-state index contributed by atoms with van der Waals surface area (Å²) in [6.45, 7) is 0. The van der Waals surface area contributed by atoms with E-state index in [4.69, 9.17) is 0 Å². The molecule has 0 aliphatic rings. The zero-order valence-corrected chi connectivity index (χ0v) is 11.8. The van der Waals surface area contributed by atoms with Crippen LogP contribution in [0.15, 0.2) is 79.3 Å². The van der Waals surface area contributed by atoms with Gasteiger partial charge in [0.05, 0.1) is 5.52 Å². The summed E-state index contributed by atoms with van der Waals surface area (Å²) in [5.74, 6) is -0.222. The van der Waals surface area contributed by atoms with Crippen LogP contribution >= 0.6 is 0 Å². The Hall–Kier alpha value is -2.94. The fourth-order valence-electron chi connectivity index (χ4n) is 2.69. The van der Waals surface area contributed by atoms with Gasteiger partial charge in [0, 0.05) is 29.7 Å². The molecule has 0 N–H and O–H groups in total. The maximum Gasteiger partial charge on any atom is 0.123 e.